The van der Waals surface area contributed by atoms with Gasteiger partial charge in [0.25, 0.3) is 0 Å². The van der Waals surface area contributed by atoms with Crippen LogP contribution < -0.4 is 4.72 Å². The van der Waals surface area contributed by atoms with Crippen LogP contribution >= 0.6 is 0 Å². The van der Waals surface area contributed by atoms with Crippen LogP contribution in [0.4, 0.5) is 0 Å². The van der Waals surface area contributed by atoms with Crippen LogP contribution in [0.5, 0.6) is 0 Å². The lowest BCUT2D eigenvalue weighted by molar-refractivity contribution is 0.544. The zero-order valence-electron chi connectivity index (χ0n) is 9.10. The standard InChI is InChI=1S/C11H17NO2S/c1-3-7-10(2)12-15(13,14)11-8-5-4-6-9-11/h4-6,8-10,12H,3,7H2,1-2H3/t10-/m1/s1. The molecule has 84 valence electrons. The highest BCUT2D eigenvalue weighted by atomic mass is 32.2. The molecule has 0 bridgehead atoms. The topological polar surface area (TPSA) is 46.2 Å². The van der Waals surface area contributed by atoms with Crippen LogP contribution in [0.15, 0.2) is 35.2 Å². The molecule has 0 radical (unpaired) electrons. The van der Waals surface area contributed by atoms with Gasteiger partial charge < -0.3 is 0 Å². The highest BCUT2D eigenvalue weighted by Crippen LogP contribution is 2.09. The Hall–Kier alpha value is -0.870. The van der Waals surface area contributed by atoms with E-state index in [1.54, 1.807) is 30.3 Å². The van der Waals surface area contributed by atoms with E-state index in [-0.39, 0.29) is 6.04 Å². The third-order valence-electron chi connectivity index (χ3n) is 2.13. The van der Waals surface area contributed by atoms with Crippen molar-refractivity contribution < 1.29 is 8.42 Å². The molecule has 0 saturated heterocycles. The van der Waals surface area contributed by atoms with Gasteiger partial charge in [-0.15, -0.1) is 0 Å². The molecule has 1 aromatic carbocycles. The molecule has 1 N–H and O–H groups in total. The minimum atomic E-state index is -3.33. The summed E-state index contributed by atoms with van der Waals surface area (Å²) in [7, 11) is -3.33. The van der Waals surface area contributed by atoms with Gasteiger partial charge in [-0.1, -0.05) is 31.5 Å². The fraction of sp³-hybridized carbons (Fsp3) is 0.455. The predicted molar refractivity (Wildman–Crippen MR) is 61.1 cm³/mol. The van der Waals surface area contributed by atoms with E-state index in [1.165, 1.54) is 0 Å². The number of hydrogen-bond acceptors (Lipinski definition) is 2. The third-order valence-corrected chi connectivity index (χ3v) is 3.74. The fourth-order valence-electron chi connectivity index (χ4n) is 1.42. The van der Waals surface area contributed by atoms with Gasteiger partial charge >= 0.3 is 0 Å². The van der Waals surface area contributed by atoms with Gasteiger partial charge in [-0.2, -0.15) is 0 Å². The van der Waals surface area contributed by atoms with Gasteiger partial charge in [-0.25, -0.2) is 13.1 Å². The van der Waals surface area contributed by atoms with Crippen molar-refractivity contribution in [3.8, 4) is 0 Å². The molecule has 0 aliphatic heterocycles. The van der Waals surface area contributed by atoms with Crippen LogP contribution in [0.1, 0.15) is 26.7 Å². The smallest absolute Gasteiger partial charge is 0.208 e. The largest absolute Gasteiger partial charge is 0.240 e. The zero-order valence-corrected chi connectivity index (χ0v) is 9.92. The lowest BCUT2D eigenvalue weighted by atomic mass is 10.2. The van der Waals surface area contributed by atoms with E-state index in [1.807, 2.05) is 13.8 Å². The molecule has 1 atom stereocenters. The second-order valence-corrected chi connectivity index (χ2v) is 5.34. The Bertz CT molecular complexity index is 386. The van der Waals surface area contributed by atoms with E-state index in [4.69, 9.17) is 0 Å². The summed E-state index contributed by atoms with van der Waals surface area (Å²) >= 11 is 0. The quantitative estimate of drug-likeness (QED) is 0.837. The maximum atomic E-state index is 11.8. The van der Waals surface area contributed by atoms with Crippen LogP contribution in [-0.4, -0.2) is 14.5 Å². The number of hydrogen-bond donors (Lipinski definition) is 1. The second-order valence-electron chi connectivity index (χ2n) is 3.62. The van der Waals surface area contributed by atoms with E-state index in [9.17, 15) is 8.42 Å². The molecule has 3 nitrogen and oxygen atoms in total. The first-order valence-electron chi connectivity index (χ1n) is 5.13. The Morgan fingerprint density at radius 2 is 1.87 bits per heavy atom. The van der Waals surface area contributed by atoms with Crippen molar-refractivity contribution in [1.82, 2.24) is 4.72 Å². The predicted octanol–water partition coefficient (Wildman–Crippen LogP) is 2.15. The molecule has 0 fully saturated rings. The summed E-state index contributed by atoms with van der Waals surface area (Å²) in [5.41, 5.74) is 0. The summed E-state index contributed by atoms with van der Waals surface area (Å²) in [5.74, 6) is 0. The summed E-state index contributed by atoms with van der Waals surface area (Å²) in [6, 6.07) is 8.43. The Balaban J connectivity index is 2.77. The van der Waals surface area contributed by atoms with Crippen molar-refractivity contribution in [2.45, 2.75) is 37.6 Å². The van der Waals surface area contributed by atoms with Crippen LogP contribution in [0.2, 0.25) is 0 Å². The van der Waals surface area contributed by atoms with Crippen molar-refractivity contribution in [2.24, 2.45) is 0 Å². The lowest BCUT2D eigenvalue weighted by Gasteiger charge is -2.12. The van der Waals surface area contributed by atoms with Crippen molar-refractivity contribution in [3.63, 3.8) is 0 Å². The van der Waals surface area contributed by atoms with Gasteiger partial charge in [0.05, 0.1) is 4.90 Å². The molecule has 4 heteroatoms. The van der Waals surface area contributed by atoms with E-state index in [2.05, 4.69) is 4.72 Å². The minimum Gasteiger partial charge on any atom is -0.208 e. The van der Waals surface area contributed by atoms with Gasteiger partial charge in [0.15, 0.2) is 0 Å². The van der Waals surface area contributed by atoms with Gasteiger partial charge in [0.1, 0.15) is 0 Å². The van der Waals surface area contributed by atoms with E-state index in [0.29, 0.717) is 4.90 Å². The molecule has 1 rings (SSSR count). The average Bonchev–Trinajstić information content (AvgIpc) is 2.18. The van der Waals surface area contributed by atoms with Crippen molar-refractivity contribution >= 4 is 10.0 Å². The van der Waals surface area contributed by atoms with E-state index < -0.39 is 10.0 Å². The highest BCUT2D eigenvalue weighted by Gasteiger charge is 2.15. The third kappa shape index (κ3) is 3.64. The summed E-state index contributed by atoms with van der Waals surface area (Å²) < 4.78 is 26.3. The first kappa shape index (κ1) is 12.2. The molecule has 15 heavy (non-hydrogen) atoms. The summed E-state index contributed by atoms with van der Waals surface area (Å²) in [4.78, 5) is 0.327. The SMILES string of the molecule is CCC[C@@H](C)NS(=O)(=O)c1ccccc1. The minimum absolute atomic E-state index is 0.0137. The molecule has 0 heterocycles. The molecular weight excluding hydrogens is 210 g/mol. The number of sulfonamides is 1. The lowest BCUT2D eigenvalue weighted by Crippen LogP contribution is -2.32. The summed E-state index contributed by atoms with van der Waals surface area (Å²) in [6.07, 6.45) is 1.82. The van der Waals surface area contributed by atoms with E-state index in [0.717, 1.165) is 12.8 Å². The number of rotatable bonds is 5. The van der Waals surface area contributed by atoms with Crippen molar-refractivity contribution in [3.05, 3.63) is 30.3 Å². The maximum absolute atomic E-state index is 11.8. The molecule has 1 aromatic rings. The molecule has 0 unspecified atom stereocenters. The average molecular weight is 227 g/mol. The molecule has 0 aromatic heterocycles. The van der Waals surface area contributed by atoms with Gasteiger partial charge in [0, 0.05) is 6.04 Å². The highest BCUT2D eigenvalue weighted by molar-refractivity contribution is 7.89. The Labute approximate surface area is 91.6 Å². The van der Waals surface area contributed by atoms with Crippen LogP contribution in [0.3, 0.4) is 0 Å². The van der Waals surface area contributed by atoms with Crippen LogP contribution in [0, 0.1) is 0 Å². The first-order valence-corrected chi connectivity index (χ1v) is 6.62. The maximum Gasteiger partial charge on any atom is 0.240 e. The second kappa shape index (κ2) is 5.28. The Morgan fingerprint density at radius 3 is 2.40 bits per heavy atom. The zero-order chi connectivity index (χ0) is 11.3. The molecule has 0 spiro atoms. The van der Waals surface area contributed by atoms with Crippen LogP contribution in [0.25, 0.3) is 0 Å². The molecule has 0 saturated carbocycles. The Morgan fingerprint density at radius 1 is 1.27 bits per heavy atom. The van der Waals surface area contributed by atoms with Gasteiger partial charge in [0.2, 0.25) is 10.0 Å². The fourth-order valence-corrected chi connectivity index (χ4v) is 2.72. The number of nitrogens with one attached hydrogen (secondary N) is 1. The molecule has 0 aliphatic carbocycles. The monoisotopic (exact) mass is 227 g/mol. The van der Waals surface area contributed by atoms with Crippen LogP contribution in [-0.2, 0) is 10.0 Å². The first-order chi connectivity index (χ1) is 7.06. The van der Waals surface area contributed by atoms with Gasteiger partial charge in [-0.3, -0.25) is 0 Å². The summed E-state index contributed by atoms with van der Waals surface area (Å²) in [6.45, 7) is 3.91. The molecular formula is C11H17NO2S. The normalized spacial score (nSPS) is 13.7. The summed E-state index contributed by atoms with van der Waals surface area (Å²) in [5, 5.41) is 0. The molecule has 0 amide bonds. The van der Waals surface area contributed by atoms with Crippen molar-refractivity contribution in [2.75, 3.05) is 0 Å². The Kier molecular flexibility index (Phi) is 4.29. The number of benzene rings is 1. The van der Waals surface area contributed by atoms with Crippen molar-refractivity contribution in [1.29, 1.82) is 0 Å². The molecule has 0 aliphatic rings. The van der Waals surface area contributed by atoms with E-state index >= 15 is 0 Å². The van der Waals surface area contributed by atoms with Gasteiger partial charge in [-0.05, 0) is 25.5 Å².